The fourth-order valence-electron chi connectivity index (χ4n) is 2.56. The summed E-state index contributed by atoms with van der Waals surface area (Å²) in [6.07, 6.45) is 3.85. The van der Waals surface area contributed by atoms with Gasteiger partial charge in [0.25, 0.3) is 0 Å². The minimum absolute atomic E-state index is 0.145. The van der Waals surface area contributed by atoms with Gasteiger partial charge >= 0.3 is 7.60 Å². The Kier molecular flexibility index (Phi) is 8.23. The highest BCUT2D eigenvalue weighted by Crippen LogP contribution is 2.62. The van der Waals surface area contributed by atoms with Gasteiger partial charge in [-0.2, -0.15) is 0 Å². The first-order valence-corrected chi connectivity index (χ1v) is 10.9. The second-order valence-electron chi connectivity index (χ2n) is 6.78. The van der Waals surface area contributed by atoms with Crippen LogP contribution in [0.2, 0.25) is 0 Å². The van der Waals surface area contributed by atoms with Crippen molar-refractivity contribution in [2.24, 2.45) is 0 Å². The molecule has 30 heavy (non-hydrogen) atoms. The second-order valence-corrected chi connectivity index (χ2v) is 8.68. The SMILES string of the molecule is COc1cc(C(=CNc2ncccn2)P(=O)(OC(C)C)OC(C)C)cc(OC)c1O. The molecular formula is C20H28N3O6P. The summed E-state index contributed by atoms with van der Waals surface area (Å²) in [5.74, 6) is 0.416. The Balaban J connectivity index is 2.67. The molecule has 0 radical (unpaired) electrons. The van der Waals surface area contributed by atoms with Crippen LogP contribution >= 0.6 is 7.60 Å². The van der Waals surface area contributed by atoms with Crippen molar-refractivity contribution in [1.29, 1.82) is 0 Å². The van der Waals surface area contributed by atoms with Crippen LogP contribution in [0.5, 0.6) is 17.2 Å². The molecule has 0 unspecified atom stereocenters. The molecule has 1 aromatic carbocycles. The van der Waals surface area contributed by atoms with Crippen molar-refractivity contribution < 1.29 is 28.2 Å². The number of nitrogens with one attached hydrogen (secondary N) is 1. The molecule has 0 spiro atoms. The molecule has 1 heterocycles. The molecule has 0 atom stereocenters. The highest BCUT2D eigenvalue weighted by atomic mass is 31.2. The first-order chi connectivity index (χ1) is 14.2. The zero-order chi connectivity index (χ0) is 22.3. The lowest BCUT2D eigenvalue weighted by Gasteiger charge is -2.25. The lowest BCUT2D eigenvalue weighted by molar-refractivity contribution is 0.150. The molecular weight excluding hydrogens is 409 g/mol. The Morgan fingerprint density at radius 3 is 1.97 bits per heavy atom. The average molecular weight is 437 g/mol. The summed E-state index contributed by atoms with van der Waals surface area (Å²) < 4.78 is 35.9. The molecule has 0 bridgehead atoms. The van der Waals surface area contributed by atoms with Crippen LogP contribution in [-0.2, 0) is 13.6 Å². The number of aromatic hydroxyl groups is 1. The standard InChI is InChI=1S/C20H28N3O6P/c1-13(2)28-30(25,29-14(3)4)18(12-23-20-21-8-7-9-22-20)15-10-16(26-5)19(24)17(11-15)27-6/h7-14,24H,1-6H3,(H,21,22,23). The summed E-state index contributed by atoms with van der Waals surface area (Å²) in [5.41, 5.74) is 0.412. The molecule has 10 heteroatoms. The van der Waals surface area contributed by atoms with Crippen molar-refractivity contribution in [3.05, 3.63) is 42.4 Å². The van der Waals surface area contributed by atoms with Gasteiger partial charge in [0, 0.05) is 18.6 Å². The van der Waals surface area contributed by atoms with Crippen molar-refractivity contribution in [1.82, 2.24) is 9.97 Å². The van der Waals surface area contributed by atoms with Crippen LogP contribution in [0.25, 0.3) is 5.31 Å². The summed E-state index contributed by atoms with van der Waals surface area (Å²) in [4.78, 5) is 8.20. The number of anilines is 1. The zero-order valence-corrected chi connectivity index (χ0v) is 18.8. The topological polar surface area (TPSA) is 112 Å². The normalized spacial score (nSPS) is 12.3. The third-order valence-electron chi connectivity index (χ3n) is 3.67. The van der Waals surface area contributed by atoms with E-state index in [9.17, 15) is 9.67 Å². The van der Waals surface area contributed by atoms with E-state index in [1.165, 1.54) is 32.6 Å². The first-order valence-electron chi connectivity index (χ1n) is 9.36. The van der Waals surface area contributed by atoms with Gasteiger partial charge in [-0.25, -0.2) is 9.97 Å². The highest BCUT2D eigenvalue weighted by Gasteiger charge is 2.35. The molecule has 0 fully saturated rings. The molecule has 9 nitrogen and oxygen atoms in total. The van der Waals surface area contributed by atoms with Crippen molar-refractivity contribution in [3.8, 4) is 17.2 Å². The summed E-state index contributed by atoms with van der Waals surface area (Å²) >= 11 is 0. The highest BCUT2D eigenvalue weighted by molar-refractivity contribution is 7.65. The molecule has 2 rings (SSSR count). The van der Waals surface area contributed by atoms with Gasteiger partial charge in [-0.3, -0.25) is 4.57 Å². The number of phenols is 1. The summed E-state index contributed by atoms with van der Waals surface area (Å²) in [7, 11) is -1.01. The smallest absolute Gasteiger partial charge is 0.363 e. The molecule has 0 amide bonds. The van der Waals surface area contributed by atoms with E-state index in [2.05, 4.69) is 15.3 Å². The molecule has 2 aromatic rings. The summed E-state index contributed by atoms with van der Waals surface area (Å²) in [6.45, 7) is 7.05. The fraction of sp³-hybridized carbons (Fsp3) is 0.400. The van der Waals surface area contributed by atoms with Gasteiger partial charge in [0.15, 0.2) is 11.5 Å². The van der Waals surface area contributed by atoms with Gasteiger partial charge in [-0.1, -0.05) is 0 Å². The van der Waals surface area contributed by atoms with Crippen LogP contribution in [0.15, 0.2) is 36.8 Å². The van der Waals surface area contributed by atoms with Crippen molar-refractivity contribution in [3.63, 3.8) is 0 Å². The minimum Gasteiger partial charge on any atom is -0.502 e. The van der Waals surface area contributed by atoms with E-state index in [0.717, 1.165) is 0 Å². The van der Waals surface area contributed by atoms with Gasteiger partial charge in [-0.15, -0.1) is 0 Å². The minimum atomic E-state index is -3.83. The zero-order valence-electron chi connectivity index (χ0n) is 17.9. The third-order valence-corrected chi connectivity index (χ3v) is 6.05. The van der Waals surface area contributed by atoms with Crippen LogP contribution in [0, 0.1) is 0 Å². The van der Waals surface area contributed by atoms with Gasteiger partial charge in [0.05, 0.1) is 31.7 Å². The van der Waals surface area contributed by atoms with E-state index in [-0.39, 0.29) is 34.8 Å². The van der Waals surface area contributed by atoms with E-state index in [1.54, 1.807) is 46.2 Å². The average Bonchev–Trinajstić information content (AvgIpc) is 2.68. The number of hydrogen-bond acceptors (Lipinski definition) is 9. The Bertz CT molecular complexity index is 879. The van der Waals surface area contributed by atoms with E-state index in [1.807, 2.05) is 0 Å². The van der Waals surface area contributed by atoms with Crippen molar-refractivity contribution >= 4 is 18.9 Å². The molecule has 0 aliphatic heterocycles. The number of benzene rings is 1. The van der Waals surface area contributed by atoms with Crippen molar-refractivity contribution in [2.45, 2.75) is 39.9 Å². The number of rotatable bonds is 10. The molecule has 0 saturated carbocycles. The van der Waals surface area contributed by atoms with E-state index in [0.29, 0.717) is 11.5 Å². The maximum Gasteiger partial charge on any atom is 0.363 e. The van der Waals surface area contributed by atoms with Crippen LogP contribution in [0.1, 0.15) is 33.3 Å². The van der Waals surface area contributed by atoms with Crippen LogP contribution in [-0.4, -0.2) is 41.5 Å². The van der Waals surface area contributed by atoms with Gasteiger partial charge < -0.3 is 28.9 Å². The van der Waals surface area contributed by atoms with E-state index >= 15 is 0 Å². The second kappa shape index (κ2) is 10.4. The summed E-state index contributed by atoms with van der Waals surface area (Å²) in [5, 5.41) is 13.4. The quantitative estimate of drug-likeness (QED) is 0.513. The van der Waals surface area contributed by atoms with Crippen molar-refractivity contribution in [2.75, 3.05) is 19.5 Å². The molecule has 164 valence electrons. The predicted molar refractivity (Wildman–Crippen MR) is 115 cm³/mol. The maximum absolute atomic E-state index is 13.9. The third kappa shape index (κ3) is 5.95. The Morgan fingerprint density at radius 1 is 1.03 bits per heavy atom. The Hall–Kier alpha value is -2.61. The molecule has 2 N–H and O–H groups in total. The van der Waals surface area contributed by atoms with E-state index in [4.69, 9.17) is 18.5 Å². The van der Waals surface area contributed by atoms with Crippen LogP contribution < -0.4 is 14.8 Å². The molecule has 0 aliphatic rings. The van der Waals surface area contributed by atoms with Gasteiger partial charge in [-0.05, 0) is 51.5 Å². The lowest BCUT2D eigenvalue weighted by Crippen LogP contribution is -2.10. The van der Waals surface area contributed by atoms with E-state index < -0.39 is 7.60 Å². The molecule has 0 aliphatic carbocycles. The van der Waals surface area contributed by atoms with Crippen LogP contribution in [0.3, 0.4) is 0 Å². The molecule has 0 saturated heterocycles. The number of methoxy groups -OCH3 is 2. The van der Waals surface area contributed by atoms with Crippen LogP contribution in [0.4, 0.5) is 5.95 Å². The Labute approximate surface area is 176 Å². The Morgan fingerprint density at radius 2 is 1.53 bits per heavy atom. The monoisotopic (exact) mass is 437 g/mol. The number of aromatic nitrogens is 2. The number of hydrogen-bond donors (Lipinski definition) is 2. The van der Waals surface area contributed by atoms with Gasteiger partial charge in [0.1, 0.15) is 0 Å². The predicted octanol–water partition coefficient (Wildman–Crippen LogP) is 4.65. The fourth-order valence-corrected chi connectivity index (χ4v) is 4.62. The number of phenolic OH excluding ortho intramolecular Hbond substituents is 1. The maximum atomic E-state index is 13.9. The number of nitrogens with zero attached hydrogens (tertiary/aromatic N) is 2. The first kappa shape index (κ1) is 23.7. The number of ether oxygens (including phenoxy) is 2. The summed E-state index contributed by atoms with van der Waals surface area (Å²) in [6, 6.07) is 4.73. The van der Waals surface area contributed by atoms with Gasteiger partial charge in [0.2, 0.25) is 11.7 Å². The molecule has 1 aromatic heterocycles. The largest absolute Gasteiger partial charge is 0.502 e. The lowest BCUT2D eigenvalue weighted by atomic mass is 10.1.